The Balaban J connectivity index is 2.77. The lowest BCUT2D eigenvalue weighted by molar-refractivity contribution is -0.119. The molecule has 4 nitrogen and oxygen atoms in total. The summed E-state index contributed by atoms with van der Waals surface area (Å²) in [5.74, 6) is -0.158. The SMILES string of the molecule is CNCC(C)C(=O)Nc1ccccc1C(C)O. The van der Waals surface area contributed by atoms with Crippen LogP contribution in [0.1, 0.15) is 25.5 Å². The number of amides is 1. The molecule has 17 heavy (non-hydrogen) atoms. The van der Waals surface area contributed by atoms with E-state index in [1.165, 1.54) is 0 Å². The Morgan fingerprint density at radius 2 is 2.00 bits per heavy atom. The number of aliphatic hydroxyl groups excluding tert-OH is 1. The summed E-state index contributed by atoms with van der Waals surface area (Å²) < 4.78 is 0. The van der Waals surface area contributed by atoms with Crippen molar-refractivity contribution in [3.8, 4) is 0 Å². The first-order chi connectivity index (χ1) is 8.06. The van der Waals surface area contributed by atoms with Crippen LogP contribution in [0.3, 0.4) is 0 Å². The van der Waals surface area contributed by atoms with Gasteiger partial charge in [-0.05, 0) is 20.0 Å². The van der Waals surface area contributed by atoms with Gasteiger partial charge in [-0.25, -0.2) is 0 Å². The minimum absolute atomic E-state index is 0.0487. The Labute approximate surface area is 102 Å². The molecule has 0 saturated heterocycles. The molecule has 0 radical (unpaired) electrons. The Morgan fingerprint density at radius 3 is 2.59 bits per heavy atom. The second kappa shape index (κ2) is 6.37. The molecule has 0 aliphatic heterocycles. The van der Waals surface area contributed by atoms with Crippen LogP contribution in [0.5, 0.6) is 0 Å². The van der Waals surface area contributed by atoms with Crippen molar-refractivity contribution in [3.05, 3.63) is 29.8 Å². The predicted molar refractivity (Wildman–Crippen MR) is 68.8 cm³/mol. The number of anilines is 1. The average molecular weight is 236 g/mol. The summed E-state index contributed by atoms with van der Waals surface area (Å²) in [5, 5.41) is 15.4. The van der Waals surface area contributed by atoms with Crippen LogP contribution in [-0.4, -0.2) is 24.6 Å². The minimum atomic E-state index is -0.592. The zero-order chi connectivity index (χ0) is 12.8. The van der Waals surface area contributed by atoms with E-state index in [0.29, 0.717) is 12.2 Å². The zero-order valence-corrected chi connectivity index (χ0v) is 10.5. The molecule has 0 aliphatic carbocycles. The van der Waals surface area contributed by atoms with E-state index in [-0.39, 0.29) is 11.8 Å². The van der Waals surface area contributed by atoms with Crippen LogP contribution < -0.4 is 10.6 Å². The molecule has 0 bridgehead atoms. The molecule has 1 rings (SSSR count). The first kappa shape index (κ1) is 13.7. The second-order valence-corrected chi connectivity index (χ2v) is 4.21. The quantitative estimate of drug-likeness (QED) is 0.726. The zero-order valence-electron chi connectivity index (χ0n) is 10.5. The number of para-hydroxylation sites is 1. The molecular weight excluding hydrogens is 216 g/mol. The van der Waals surface area contributed by atoms with Gasteiger partial charge in [0.1, 0.15) is 0 Å². The molecular formula is C13H20N2O2. The molecule has 2 atom stereocenters. The first-order valence-corrected chi connectivity index (χ1v) is 5.78. The Kier molecular flexibility index (Phi) is 5.12. The van der Waals surface area contributed by atoms with E-state index >= 15 is 0 Å². The molecule has 1 aromatic rings. The van der Waals surface area contributed by atoms with E-state index in [9.17, 15) is 9.90 Å². The van der Waals surface area contributed by atoms with Crippen molar-refractivity contribution in [1.29, 1.82) is 0 Å². The van der Waals surface area contributed by atoms with E-state index in [1.807, 2.05) is 32.2 Å². The van der Waals surface area contributed by atoms with E-state index < -0.39 is 6.10 Å². The summed E-state index contributed by atoms with van der Waals surface area (Å²) in [7, 11) is 1.81. The van der Waals surface area contributed by atoms with Gasteiger partial charge in [-0.2, -0.15) is 0 Å². The fourth-order valence-electron chi connectivity index (χ4n) is 1.63. The number of carbonyl (C=O) groups excluding carboxylic acids is 1. The van der Waals surface area contributed by atoms with Gasteiger partial charge in [0.2, 0.25) is 5.91 Å². The lowest BCUT2D eigenvalue weighted by atomic mass is 10.1. The molecule has 0 aromatic heterocycles. The third kappa shape index (κ3) is 3.84. The van der Waals surface area contributed by atoms with E-state index in [2.05, 4.69) is 10.6 Å². The summed E-state index contributed by atoms with van der Waals surface area (Å²) in [6.07, 6.45) is -0.592. The topological polar surface area (TPSA) is 61.4 Å². The van der Waals surface area contributed by atoms with Gasteiger partial charge in [-0.3, -0.25) is 4.79 Å². The van der Waals surface area contributed by atoms with Gasteiger partial charge < -0.3 is 15.7 Å². The van der Waals surface area contributed by atoms with Gasteiger partial charge in [0.05, 0.1) is 6.10 Å². The number of carbonyl (C=O) groups is 1. The largest absolute Gasteiger partial charge is 0.389 e. The third-order valence-corrected chi connectivity index (χ3v) is 2.63. The molecule has 0 spiro atoms. The van der Waals surface area contributed by atoms with Crippen molar-refractivity contribution in [2.75, 3.05) is 18.9 Å². The van der Waals surface area contributed by atoms with Crippen LogP contribution in [0.15, 0.2) is 24.3 Å². The van der Waals surface area contributed by atoms with Crippen LogP contribution in [0, 0.1) is 5.92 Å². The lowest BCUT2D eigenvalue weighted by Gasteiger charge is -2.15. The monoisotopic (exact) mass is 236 g/mol. The van der Waals surface area contributed by atoms with Crippen molar-refractivity contribution in [3.63, 3.8) is 0 Å². The molecule has 3 N–H and O–H groups in total. The second-order valence-electron chi connectivity index (χ2n) is 4.21. The molecule has 0 fully saturated rings. The highest BCUT2D eigenvalue weighted by Crippen LogP contribution is 2.22. The first-order valence-electron chi connectivity index (χ1n) is 5.78. The number of hydrogen-bond donors (Lipinski definition) is 3. The standard InChI is InChI=1S/C13H20N2O2/c1-9(8-14-3)13(17)15-12-7-5-4-6-11(12)10(2)16/h4-7,9-10,14,16H,8H2,1-3H3,(H,15,17). The van der Waals surface area contributed by atoms with E-state index in [1.54, 1.807) is 13.0 Å². The van der Waals surface area contributed by atoms with Gasteiger partial charge in [0.25, 0.3) is 0 Å². The van der Waals surface area contributed by atoms with Crippen molar-refractivity contribution >= 4 is 11.6 Å². The molecule has 4 heteroatoms. The van der Waals surface area contributed by atoms with Gasteiger partial charge in [-0.15, -0.1) is 0 Å². The number of hydrogen-bond acceptors (Lipinski definition) is 3. The van der Waals surface area contributed by atoms with Gasteiger partial charge >= 0.3 is 0 Å². The van der Waals surface area contributed by atoms with Gasteiger partial charge in [-0.1, -0.05) is 25.1 Å². The summed E-state index contributed by atoms with van der Waals surface area (Å²) in [6, 6.07) is 7.29. The van der Waals surface area contributed by atoms with Crippen molar-refractivity contribution in [2.45, 2.75) is 20.0 Å². The third-order valence-electron chi connectivity index (χ3n) is 2.63. The molecule has 1 aromatic carbocycles. The maximum Gasteiger partial charge on any atom is 0.228 e. The molecule has 1 amide bonds. The highest BCUT2D eigenvalue weighted by Gasteiger charge is 2.14. The Bertz CT molecular complexity index is 377. The Morgan fingerprint density at radius 1 is 1.35 bits per heavy atom. The smallest absolute Gasteiger partial charge is 0.228 e. The van der Waals surface area contributed by atoms with Crippen LogP contribution in [-0.2, 0) is 4.79 Å². The normalized spacial score (nSPS) is 14.1. The maximum atomic E-state index is 11.8. The number of rotatable bonds is 5. The van der Waals surface area contributed by atoms with Crippen molar-refractivity contribution in [1.82, 2.24) is 5.32 Å². The summed E-state index contributed by atoms with van der Waals surface area (Å²) >= 11 is 0. The van der Waals surface area contributed by atoms with Crippen LogP contribution in [0.25, 0.3) is 0 Å². The molecule has 0 saturated carbocycles. The molecule has 2 unspecified atom stereocenters. The van der Waals surface area contributed by atoms with Crippen LogP contribution in [0.4, 0.5) is 5.69 Å². The molecule has 0 aliphatic rings. The number of aliphatic hydroxyl groups is 1. The molecule has 0 heterocycles. The van der Waals surface area contributed by atoms with Crippen LogP contribution in [0.2, 0.25) is 0 Å². The number of benzene rings is 1. The van der Waals surface area contributed by atoms with Crippen molar-refractivity contribution in [2.24, 2.45) is 5.92 Å². The number of nitrogens with one attached hydrogen (secondary N) is 2. The van der Waals surface area contributed by atoms with Gasteiger partial charge in [0.15, 0.2) is 0 Å². The maximum absolute atomic E-state index is 11.8. The van der Waals surface area contributed by atoms with Crippen molar-refractivity contribution < 1.29 is 9.90 Å². The average Bonchev–Trinajstić information content (AvgIpc) is 2.29. The highest BCUT2D eigenvalue weighted by molar-refractivity contribution is 5.93. The van der Waals surface area contributed by atoms with E-state index in [4.69, 9.17) is 0 Å². The Hall–Kier alpha value is -1.39. The van der Waals surface area contributed by atoms with Gasteiger partial charge in [0, 0.05) is 23.7 Å². The summed E-state index contributed by atoms with van der Waals surface area (Å²) in [5.41, 5.74) is 1.41. The fraction of sp³-hybridized carbons (Fsp3) is 0.462. The minimum Gasteiger partial charge on any atom is -0.389 e. The summed E-state index contributed by atoms with van der Waals surface area (Å²) in [6.45, 7) is 4.17. The summed E-state index contributed by atoms with van der Waals surface area (Å²) in [4.78, 5) is 11.8. The molecule has 94 valence electrons. The van der Waals surface area contributed by atoms with E-state index in [0.717, 1.165) is 5.56 Å². The predicted octanol–water partition coefficient (Wildman–Crippen LogP) is 1.53. The highest BCUT2D eigenvalue weighted by atomic mass is 16.3. The lowest BCUT2D eigenvalue weighted by Crippen LogP contribution is -2.29. The fourth-order valence-corrected chi connectivity index (χ4v) is 1.63. The van der Waals surface area contributed by atoms with Crippen LogP contribution >= 0.6 is 0 Å².